The van der Waals surface area contributed by atoms with Crippen molar-refractivity contribution in [2.45, 2.75) is 53.1 Å². The van der Waals surface area contributed by atoms with Crippen LogP contribution in [0.2, 0.25) is 0 Å². The van der Waals surface area contributed by atoms with E-state index >= 15 is 0 Å². The van der Waals surface area contributed by atoms with Crippen LogP contribution in [0.3, 0.4) is 0 Å². The number of likely N-dealkylation sites (tertiary alicyclic amines) is 1. The average molecular weight is 314 g/mol. The van der Waals surface area contributed by atoms with E-state index in [1.165, 1.54) is 42.5 Å². The summed E-state index contributed by atoms with van der Waals surface area (Å²) in [6.45, 7) is 11.0. The van der Waals surface area contributed by atoms with E-state index in [1.807, 2.05) is 0 Å². The van der Waals surface area contributed by atoms with Gasteiger partial charge in [-0.25, -0.2) is 0 Å². The molecule has 2 heterocycles. The summed E-state index contributed by atoms with van der Waals surface area (Å²) in [5.74, 6) is 0.910. The molecule has 0 spiro atoms. The zero-order valence-corrected chi connectivity index (χ0v) is 13.3. The predicted octanol–water partition coefficient (Wildman–Crippen LogP) is 3.60. The van der Waals surface area contributed by atoms with Gasteiger partial charge in [0, 0.05) is 19.6 Å². The van der Waals surface area contributed by atoms with Crippen LogP contribution >= 0.6 is 15.9 Å². The van der Waals surface area contributed by atoms with Crippen molar-refractivity contribution in [2.75, 3.05) is 13.1 Å². The van der Waals surface area contributed by atoms with Crippen molar-refractivity contribution >= 4 is 15.9 Å². The van der Waals surface area contributed by atoms with Crippen molar-refractivity contribution in [1.29, 1.82) is 0 Å². The highest BCUT2D eigenvalue weighted by atomic mass is 79.9. The van der Waals surface area contributed by atoms with Gasteiger partial charge < -0.3 is 0 Å². The van der Waals surface area contributed by atoms with Gasteiger partial charge in [0.2, 0.25) is 0 Å². The molecule has 1 aromatic rings. The molecule has 0 amide bonds. The zero-order chi connectivity index (χ0) is 13.1. The molecule has 0 saturated carbocycles. The first-order chi connectivity index (χ1) is 8.65. The number of aryl methyl sites for hydroxylation is 2. The molecule has 4 heteroatoms. The van der Waals surface area contributed by atoms with E-state index in [0.29, 0.717) is 0 Å². The van der Waals surface area contributed by atoms with Gasteiger partial charge in [0.25, 0.3) is 0 Å². The zero-order valence-electron chi connectivity index (χ0n) is 11.7. The molecular formula is C14H24BrN3. The lowest BCUT2D eigenvalue weighted by atomic mass is 10.0. The summed E-state index contributed by atoms with van der Waals surface area (Å²) in [5, 5.41) is 4.57. The first-order valence-corrected chi connectivity index (χ1v) is 7.89. The van der Waals surface area contributed by atoms with Crippen molar-refractivity contribution < 1.29 is 0 Å². The van der Waals surface area contributed by atoms with Gasteiger partial charge in [0.1, 0.15) is 0 Å². The molecule has 1 aliphatic heterocycles. The van der Waals surface area contributed by atoms with E-state index in [-0.39, 0.29) is 0 Å². The van der Waals surface area contributed by atoms with Crippen LogP contribution in [-0.2, 0) is 13.1 Å². The molecule has 102 valence electrons. The summed E-state index contributed by atoms with van der Waals surface area (Å²) in [6, 6.07) is 0. The second-order valence-corrected chi connectivity index (χ2v) is 6.13. The highest BCUT2D eigenvalue weighted by Crippen LogP contribution is 2.26. The lowest BCUT2D eigenvalue weighted by Gasteiger charge is -2.17. The SMILES string of the molecule is CCCC1CCN(Cc2c(Br)c(C)nn2CC)C1. The second kappa shape index (κ2) is 6.20. The van der Waals surface area contributed by atoms with E-state index in [0.717, 1.165) is 24.7 Å². The molecule has 0 radical (unpaired) electrons. The van der Waals surface area contributed by atoms with Crippen molar-refractivity contribution in [3.8, 4) is 0 Å². The van der Waals surface area contributed by atoms with Crippen molar-refractivity contribution in [3.05, 3.63) is 15.9 Å². The molecule has 2 rings (SSSR count). The smallest absolute Gasteiger partial charge is 0.0739 e. The van der Waals surface area contributed by atoms with Gasteiger partial charge in [0.15, 0.2) is 0 Å². The number of nitrogens with zero attached hydrogens (tertiary/aromatic N) is 3. The summed E-state index contributed by atoms with van der Waals surface area (Å²) in [5.41, 5.74) is 2.45. The molecule has 18 heavy (non-hydrogen) atoms. The molecule has 0 bridgehead atoms. The minimum atomic E-state index is 0.910. The number of hydrogen-bond donors (Lipinski definition) is 0. The van der Waals surface area contributed by atoms with Crippen molar-refractivity contribution in [3.63, 3.8) is 0 Å². The fourth-order valence-electron chi connectivity index (χ4n) is 2.93. The third kappa shape index (κ3) is 2.97. The van der Waals surface area contributed by atoms with Crippen LogP contribution in [-0.4, -0.2) is 27.8 Å². The van der Waals surface area contributed by atoms with Crippen molar-refractivity contribution in [1.82, 2.24) is 14.7 Å². The van der Waals surface area contributed by atoms with Gasteiger partial charge in [0.05, 0.1) is 15.9 Å². The first-order valence-electron chi connectivity index (χ1n) is 7.09. The maximum absolute atomic E-state index is 4.57. The monoisotopic (exact) mass is 313 g/mol. The van der Waals surface area contributed by atoms with Gasteiger partial charge in [-0.2, -0.15) is 5.10 Å². The van der Waals surface area contributed by atoms with Crippen LogP contribution in [0.5, 0.6) is 0 Å². The maximum atomic E-state index is 4.57. The Morgan fingerprint density at radius 3 is 2.83 bits per heavy atom. The van der Waals surface area contributed by atoms with Gasteiger partial charge >= 0.3 is 0 Å². The highest BCUT2D eigenvalue weighted by Gasteiger charge is 2.24. The Morgan fingerprint density at radius 1 is 1.39 bits per heavy atom. The molecule has 1 aliphatic rings. The number of hydrogen-bond acceptors (Lipinski definition) is 2. The third-order valence-electron chi connectivity index (χ3n) is 3.89. The van der Waals surface area contributed by atoms with E-state index < -0.39 is 0 Å². The lowest BCUT2D eigenvalue weighted by molar-refractivity contribution is 0.301. The van der Waals surface area contributed by atoms with E-state index in [1.54, 1.807) is 0 Å². The van der Waals surface area contributed by atoms with Crippen LogP contribution in [0.25, 0.3) is 0 Å². The molecule has 3 nitrogen and oxygen atoms in total. The maximum Gasteiger partial charge on any atom is 0.0739 e. The Bertz CT molecular complexity index is 400. The van der Waals surface area contributed by atoms with Crippen LogP contribution in [0, 0.1) is 12.8 Å². The van der Waals surface area contributed by atoms with Gasteiger partial charge in [-0.05, 0) is 55.1 Å². The summed E-state index contributed by atoms with van der Waals surface area (Å²) in [6.07, 6.45) is 4.06. The topological polar surface area (TPSA) is 21.1 Å². The molecule has 1 saturated heterocycles. The fourth-order valence-corrected chi connectivity index (χ4v) is 3.34. The largest absolute Gasteiger partial charge is 0.297 e. The standard InChI is InChI=1S/C14H24BrN3/c1-4-6-12-7-8-17(9-12)10-13-14(15)11(3)16-18(13)5-2/h12H,4-10H2,1-3H3. The quantitative estimate of drug-likeness (QED) is 0.828. The molecular weight excluding hydrogens is 290 g/mol. The van der Waals surface area contributed by atoms with Crippen LogP contribution in [0.15, 0.2) is 4.47 Å². The van der Waals surface area contributed by atoms with E-state index in [2.05, 4.69) is 51.4 Å². The van der Waals surface area contributed by atoms with Crippen LogP contribution in [0.4, 0.5) is 0 Å². The number of halogens is 1. The van der Waals surface area contributed by atoms with Crippen LogP contribution < -0.4 is 0 Å². The summed E-state index contributed by atoms with van der Waals surface area (Å²) < 4.78 is 3.33. The number of aromatic nitrogens is 2. The van der Waals surface area contributed by atoms with Gasteiger partial charge in [-0.1, -0.05) is 13.3 Å². The first kappa shape index (κ1) is 14.1. The lowest BCUT2D eigenvalue weighted by Crippen LogP contribution is -2.22. The Morgan fingerprint density at radius 2 is 2.17 bits per heavy atom. The fraction of sp³-hybridized carbons (Fsp3) is 0.786. The van der Waals surface area contributed by atoms with Gasteiger partial charge in [-0.3, -0.25) is 9.58 Å². The minimum Gasteiger partial charge on any atom is -0.297 e. The summed E-state index contributed by atoms with van der Waals surface area (Å²) in [7, 11) is 0. The molecule has 1 unspecified atom stereocenters. The molecule has 0 N–H and O–H groups in total. The average Bonchev–Trinajstić information content (AvgIpc) is 2.90. The Labute approximate surface area is 119 Å². The Kier molecular flexibility index (Phi) is 4.84. The Balaban J connectivity index is 2.02. The minimum absolute atomic E-state index is 0.910. The second-order valence-electron chi connectivity index (χ2n) is 5.34. The van der Waals surface area contributed by atoms with Gasteiger partial charge in [-0.15, -0.1) is 0 Å². The van der Waals surface area contributed by atoms with E-state index in [4.69, 9.17) is 0 Å². The predicted molar refractivity (Wildman–Crippen MR) is 78.6 cm³/mol. The summed E-state index contributed by atoms with van der Waals surface area (Å²) in [4.78, 5) is 2.58. The molecule has 0 aliphatic carbocycles. The van der Waals surface area contributed by atoms with Crippen LogP contribution in [0.1, 0.15) is 44.5 Å². The third-order valence-corrected chi connectivity index (χ3v) is 4.92. The molecule has 1 atom stereocenters. The highest BCUT2D eigenvalue weighted by molar-refractivity contribution is 9.10. The normalized spacial score (nSPS) is 20.8. The summed E-state index contributed by atoms with van der Waals surface area (Å²) >= 11 is 3.68. The molecule has 1 fully saturated rings. The number of rotatable bonds is 5. The molecule has 0 aromatic carbocycles. The van der Waals surface area contributed by atoms with E-state index in [9.17, 15) is 0 Å². The molecule has 1 aromatic heterocycles. The Hall–Kier alpha value is -0.350. The van der Waals surface area contributed by atoms with Crippen molar-refractivity contribution in [2.24, 2.45) is 5.92 Å².